The van der Waals surface area contributed by atoms with Crippen LogP contribution in [0.5, 0.6) is 5.75 Å². The van der Waals surface area contributed by atoms with E-state index in [0.717, 1.165) is 0 Å². The number of halogens is 1. The lowest BCUT2D eigenvalue weighted by atomic mass is 10.3. The molecule has 3 nitrogen and oxygen atoms in total. The third kappa shape index (κ3) is 1.76. The maximum Gasteiger partial charge on any atom is 0.145 e. The van der Waals surface area contributed by atoms with E-state index in [2.05, 4.69) is 20.9 Å². The minimum absolute atomic E-state index is 0.00269. The Morgan fingerprint density at radius 2 is 2.58 bits per heavy atom. The molecule has 1 aliphatic heterocycles. The van der Waals surface area contributed by atoms with E-state index < -0.39 is 0 Å². The van der Waals surface area contributed by atoms with Crippen molar-refractivity contribution in [3.63, 3.8) is 0 Å². The first kappa shape index (κ1) is 5.19. The summed E-state index contributed by atoms with van der Waals surface area (Å²) < 4.78 is 33.1. The van der Waals surface area contributed by atoms with Crippen LogP contribution in [0.25, 0.3) is 0 Å². The van der Waals surface area contributed by atoms with Gasteiger partial charge in [0.25, 0.3) is 0 Å². The summed E-state index contributed by atoms with van der Waals surface area (Å²) in [5.74, 6) is 0.0928. The molecule has 1 aromatic heterocycles. The molecule has 0 radical (unpaired) electrons. The smallest absolute Gasteiger partial charge is 0.145 e. The van der Waals surface area contributed by atoms with Crippen molar-refractivity contribution in [3.05, 3.63) is 22.9 Å². The Kier molecular flexibility index (Phi) is 1.48. The van der Waals surface area contributed by atoms with E-state index >= 15 is 0 Å². The lowest BCUT2D eigenvalue weighted by Gasteiger charge is -2.26. The van der Waals surface area contributed by atoms with Crippen LogP contribution in [0, 0.1) is 0 Å². The number of nitrogens with zero attached hydrogens (tertiary/aromatic N) is 1. The summed E-state index contributed by atoms with van der Waals surface area (Å²) in [7, 11) is 0. The molecule has 1 saturated heterocycles. The second-order valence-electron chi connectivity index (χ2n) is 2.37. The number of pyridine rings is 1. The van der Waals surface area contributed by atoms with E-state index in [0.29, 0.717) is 13.2 Å². The van der Waals surface area contributed by atoms with E-state index in [1.54, 1.807) is 0 Å². The highest BCUT2D eigenvalue weighted by molar-refractivity contribution is 9.10. The molecule has 0 saturated carbocycles. The second-order valence-corrected chi connectivity index (χ2v) is 3.12. The molecule has 0 aliphatic carbocycles. The van der Waals surface area contributed by atoms with Crippen molar-refractivity contribution in [3.8, 4) is 5.75 Å². The van der Waals surface area contributed by atoms with E-state index in [4.69, 9.17) is 13.6 Å². The molecular formula is C8H8BrNO2. The van der Waals surface area contributed by atoms with Crippen LogP contribution in [0.1, 0.15) is 4.11 Å². The van der Waals surface area contributed by atoms with E-state index in [1.807, 2.05) is 0 Å². The van der Waals surface area contributed by atoms with Crippen molar-refractivity contribution < 1.29 is 13.6 Å². The van der Waals surface area contributed by atoms with Gasteiger partial charge in [-0.2, -0.15) is 0 Å². The number of hydrogen-bond acceptors (Lipinski definition) is 3. The van der Waals surface area contributed by atoms with E-state index in [-0.39, 0.29) is 34.7 Å². The SMILES string of the molecule is [2H]c1nc(Br)c([2H])c(OC2COC2)c1[2H]. The topological polar surface area (TPSA) is 31.4 Å². The van der Waals surface area contributed by atoms with Gasteiger partial charge in [-0.15, -0.1) is 0 Å². The van der Waals surface area contributed by atoms with Gasteiger partial charge >= 0.3 is 0 Å². The van der Waals surface area contributed by atoms with Gasteiger partial charge in [0.05, 0.1) is 17.3 Å². The molecule has 4 heteroatoms. The van der Waals surface area contributed by atoms with Crippen molar-refractivity contribution in [2.75, 3.05) is 13.2 Å². The van der Waals surface area contributed by atoms with Crippen LogP contribution in [0.3, 0.4) is 0 Å². The van der Waals surface area contributed by atoms with Gasteiger partial charge in [-0.05, 0) is 22.0 Å². The van der Waals surface area contributed by atoms with Gasteiger partial charge in [0.2, 0.25) is 0 Å². The highest BCUT2D eigenvalue weighted by atomic mass is 79.9. The molecule has 2 rings (SSSR count). The Hall–Kier alpha value is -0.610. The monoisotopic (exact) mass is 232 g/mol. The fraction of sp³-hybridized carbons (Fsp3) is 0.375. The van der Waals surface area contributed by atoms with Crippen molar-refractivity contribution in [2.24, 2.45) is 0 Å². The first-order valence-corrected chi connectivity index (χ1v) is 4.26. The van der Waals surface area contributed by atoms with Crippen LogP contribution in [0.2, 0.25) is 0 Å². The number of rotatable bonds is 2. The predicted molar refractivity (Wildman–Crippen MR) is 47.2 cm³/mol. The summed E-state index contributed by atoms with van der Waals surface area (Å²) in [5.41, 5.74) is 0. The fourth-order valence-electron chi connectivity index (χ4n) is 0.788. The molecule has 64 valence electrons. The third-order valence-electron chi connectivity index (χ3n) is 1.43. The predicted octanol–water partition coefficient (Wildman–Crippen LogP) is 1.62. The number of ether oxygens (including phenoxy) is 2. The Balaban J connectivity index is 2.34. The van der Waals surface area contributed by atoms with Gasteiger partial charge < -0.3 is 9.47 Å². The quantitative estimate of drug-likeness (QED) is 0.727. The average molecular weight is 233 g/mol. The van der Waals surface area contributed by atoms with Crippen LogP contribution in [-0.4, -0.2) is 24.3 Å². The fourth-order valence-corrected chi connectivity index (χ4v) is 1.06. The van der Waals surface area contributed by atoms with Gasteiger partial charge in [-0.25, -0.2) is 4.98 Å². The minimum Gasteiger partial charge on any atom is -0.485 e. The van der Waals surface area contributed by atoms with Crippen LogP contribution < -0.4 is 4.74 Å². The van der Waals surface area contributed by atoms with Crippen LogP contribution in [0.15, 0.2) is 22.9 Å². The Morgan fingerprint density at radius 1 is 1.75 bits per heavy atom. The molecule has 12 heavy (non-hydrogen) atoms. The summed E-state index contributed by atoms with van der Waals surface area (Å²) in [6.07, 6.45) is -0.319. The first-order chi connectivity index (χ1) is 7.09. The molecule has 0 bridgehead atoms. The van der Waals surface area contributed by atoms with Crippen LogP contribution in [0.4, 0.5) is 0 Å². The maximum atomic E-state index is 7.65. The van der Waals surface area contributed by atoms with Gasteiger partial charge in [0.1, 0.15) is 16.5 Å². The minimum atomic E-state index is -0.201. The third-order valence-corrected chi connectivity index (χ3v) is 1.81. The maximum absolute atomic E-state index is 7.65. The summed E-state index contributed by atoms with van der Waals surface area (Å²) in [6.45, 7) is 0.929. The molecule has 2 heterocycles. The largest absolute Gasteiger partial charge is 0.485 e. The number of hydrogen-bond donors (Lipinski definition) is 0. The molecular weight excluding hydrogens is 222 g/mol. The van der Waals surface area contributed by atoms with Crippen molar-refractivity contribution >= 4 is 15.9 Å². The van der Waals surface area contributed by atoms with Crippen molar-refractivity contribution in [1.29, 1.82) is 0 Å². The normalized spacial score (nSPS) is 20.6. The molecule has 0 N–H and O–H groups in total. The van der Waals surface area contributed by atoms with Crippen molar-refractivity contribution in [1.82, 2.24) is 4.98 Å². The molecule has 1 fully saturated rings. The zero-order valence-corrected chi connectivity index (χ0v) is 7.72. The summed E-state index contributed by atoms with van der Waals surface area (Å²) >= 11 is 3.05. The average Bonchev–Trinajstić information content (AvgIpc) is 2.12. The highest BCUT2D eigenvalue weighted by Crippen LogP contribution is 2.18. The van der Waals surface area contributed by atoms with Crippen LogP contribution >= 0.6 is 15.9 Å². The Bertz CT molecular complexity index is 372. The van der Waals surface area contributed by atoms with Gasteiger partial charge in [0.15, 0.2) is 0 Å². The molecule has 1 aliphatic rings. The van der Waals surface area contributed by atoms with E-state index in [1.165, 1.54) is 0 Å². The zero-order valence-electron chi connectivity index (χ0n) is 9.13. The van der Waals surface area contributed by atoms with Gasteiger partial charge in [-0.1, -0.05) is 0 Å². The second kappa shape index (κ2) is 3.41. The molecule has 0 atom stereocenters. The lowest BCUT2D eigenvalue weighted by Crippen LogP contribution is -2.38. The Morgan fingerprint density at radius 3 is 3.25 bits per heavy atom. The first-order valence-electron chi connectivity index (χ1n) is 4.97. The van der Waals surface area contributed by atoms with Crippen LogP contribution in [-0.2, 0) is 4.74 Å². The highest BCUT2D eigenvalue weighted by Gasteiger charge is 2.19. The molecule has 0 aromatic carbocycles. The van der Waals surface area contributed by atoms with Gasteiger partial charge in [0, 0.05) is 12.2 Å². The van der Waals surface area contributed by atoms with E-state index in [9.17, 15) is 0 Å². The summed E-state index contributed by atoms with van der Waals surface area (Å²) in [5, 5.41) is 0. The lowest BCUT2D eigenvalue weighted by molar-refractivity contribution is -0.0797. The molecule has 0 unspecified atom stereocenters. The number of aromatic nitrogens is 1. The Labute approximate surface area is 83.0 Å². The van der Waals surface area contributed by atoms with Gasteiger partial charge in [-0.3, -0.25) is 0 Å². The van der Waals surface area contributed by atoms with Crippen molar-refractivity contribution in [2.45, 2.75) is 6.10 Å². The zero-order chi connectivity index (χ0) is 11.0. The molecule has 0 amide bonds. The summed E-state index contributed by atoms with van der Waals surface area (Å²) in [6, 6.07) is -0.155. The molecule has 0 spiro atoms. The standard InChI is InChI=1S/C8H8BrNO2/c9-8-3-6(1-2-10-8)12-7-4-11-5-7/h1-3,7H,4-5H2/i1D,2D,3D. The molecule has 1 aromatic rings. The summed E-state index contributed by atoms with van der Waals surface area (Å²) in [4.78, 5) is 3.68.